The Morgan fingerprint density at radius 3 is 1.55 bits per heavy atom. The fourth-order valence-corrected chi connectivity index (χ4v) is 2.38. The lowest BCUT2D eigenvalue weighted by molar-refractivity contribution is -0.161. The fourth-order valence-electron chi connectivity index (χ4n) is 2.38. The zero-order chi connectivity index (χ0) is 26.2. The summed E-state index contributed by atoms with van der Waals surface area (Å²) in [6.07, 6.45) is 0.568. The minimum absolute atomic E-state index is 0.0150. The number of amides is 2. The van der Waals surface area contributed by atoms with Crippen LogP contribution in [0.2, 0.25) is 0 Å². The Kier molecular flexibility index (Phi) is 11.1. The van der Waals surface area contributed by atoms with Crippen LogP contribution in [0.1, 0.15) is 89.0 Å². The molecule has 0 N–H and O–H groups in total. The Morgan fingerprint density at radius 2 is 1.18 bits per heavy atom. The van der Waals surface area contributed by atoms with Gasteiger partial charge in [-0.15, -0.1) is 0 Å². The summed E-state index contributed by atoms with van der Waals surface area (Å²) in [5.74, 6) is -1.33. The molecule has 0 aliphatic carbocycles. The van der Waals surface area contributed by atoms with Crippen molar-refractivity contribution in [3.05, 3.63) is 12.2 Å². The average Bonchev–Trinajstić information content (AvgIpc) is 2.51. The summed E-state index contributed by atoms with van der Waals surface area (Å²) in [5, 5.41) is 0. The Balaban J connectivity index is 5.99. The lowest BCUT2D eigenvalue weighted by Gasteiger charge is -2.33. The van der Waals surface area contributed by atoms with E-state index in [1.807, 2.05) is 0 Å². The van der Waals surface area contributed by atoms with E-state index in [0.717, 1.165) is 0 Å². The van der Waals surface area contributed by atoms with Crippen LogP contribution in [0.4, 0.5) is 9.59 Å². The fraction of sp³-hybridized carbons (Fsp3) is 0.750. The van der Waals surface area contributed by atoms with Gasteiger partial charge in [0.05, 0.1) is 6.10 Å². The van der Waals surface area contributed by atoms with Crippen LogP contribution in [0.25, 0.3) is 0 Å². The summed E-state index contributed by atoms with van der Waals surface area (Å²) in [6.45, 7) is 18.3. The molecule has 0 saturated carbocycles. The second-order valence-electron chi connectivity index (χ2n) is 10.8. The van der Waals surface area contributed by atoms with Crippen LogP contribution in [0, 0.1) is 0 Å². The van der Waals surface area contributed by atoms with Crippen molar-refractivity contribution >= 4 is 24.1 Å². The van der Waals surface area contributed by atoms with Gasteiger partial charge in [0, 0.05) is 6.08 Å². The quantitative estimate of drug-likeness (QED) is 0.285. The first-order valence-electron chi connectivity index (χ1n) is 11.1. The molecular formula is C24H41NO8. The molecule has 0 saturated heterocycles. The molecule has 0 aliphatic rings. The van der Waals surface area contributed by atoms with Crippen LogP contribution in [0.5, 0.6) is 0 Å². The van der Waals surface area contributed by atoms with E-state index in [1.54, 1.807) is 76.2 Å². The molecule has 0 unspecified atom stereocenters. The molecule has 33 heavy (non-hydrogen) atoms. The Morgan fingerprint density at radius 1 is 0.758 bits per heavy atom. The number of nitrogens with zero attached hydrogens (tertiary/aromatic N) is 1. The number of carbonyl (C=O) groups excluding carboxylic acids is 4. The predicted octanol–water partition coefficient (Wildman–Crippen LogP) is 5.16. The zero-order valence-corrected chi connectivity index (χ0v) is 21.9. The van der Waals surface area contributed by atoms with Crippen molar-refractivity contribution in [2.45, 2.75) is 118 Å². The van der Waals surface area contributed by atoms with Gasteiger partial charge in [0.25, 0.3) is 0 Å². The van der Waals surface area contributed by atoms with Crippen molar-refractivity contribution in [3.8, 4) is 0 Å². The SMILES string of the molecule is CC(C)OC(=O)C=CCC[C@@H](C(=O)OC(C)(C)C)N(C(=O)OC(C)(C)C)C(=O)OC(C)(C)C. The van der Waals surface area contributed by atoms with Gasteiger partial charge in [0.15, 0.2) is 0 Å². The van der Waals surface area contributed by atoms with Crippen LogP contribution in [0.15, 0.2) is 12.2 Å². The molecule has 2 amide bonds. The highest BCUT2D eigenvalue weighted by molar-refractivity contribution is 5.94. The maximum Gasteiger partial charge on any atom is 0.420 e. The van der Waals surface area contributed by atoms with Gasteiger partial charge in [-0.3, -0.25) is 0 Å². The third-order valence-electron chi connectivity index (χ3n) is 3.38. The Labute approximate surface area is 197 Å². The monoisotopic (exact) mass is 471 g/mol. The molecular weight excluding hydrogens is 430 g/mol. The molecule has 0 heterocycles. The first-order valence-corrected chi connectivity index (χ1v) is 11.1. The minimum atomic E-state index is -1.33. The number of rotatable bonds is 7. The van der Waals surface area contributed by atoms with E-state index in [4.69, 9.17) is 18.9 Å². The molecule has 0 aromatic heterocycles. The molecule has 9 nitrogen and oxygen atoms in total. The molecule has 0 spiro atoms. The van der Waals surface area contributed by atoms with Gasteiger partial charge in [-0.05, 0) is 89.0 Å². The summed E-state index contributed by atoms with van der Waals surface area (Å²) >= 11 is 0. The van der Waals surface area contributed by atoms with Crippen LogP contribution in [-0.2, 0) is 28.5 Å². The van der Waals surface area contributed by atoms with E-state index in [9.17, 15) is 19.2 Å². The summed E-state index contributed by atoms with van der Waals surface area (Å²) < 4.78 is 21.2. The van der Waals surface area contributed by atoms with Crippen molar-refractivity contribution < 1.29 is 38.1 Å². The van der Waals surface area contributed by atoms with Crippen molar-refractivity contribution in [2.75, 3.05) is 0 Å². The standard InChI is InChI=1S/C24H41NO8/c1-16(2)30-18(26)15-13-12-14-17(19(27)31-22(3,4)5)25(20(28)32-23(6,7)8)21(29)33-24(9,10)11/h13,15-17H,12,14H2,1-11H3/t17-/m0/s1. The highest BCUT2D eigenvalue weighted by Crippen LogP contribution is 2.22. The molecule has 0 aliphatic heterocycles. The number of imide groups is 1. The van der Waals surface area contributed by atoms with Crippen molar-refractivity contribution in [3.63, 3.8) is 0 Å². The lowest BCUT2D eigenvalue weighted by Crippen LogP contribution is -2.53. The van der Waals surface area contributed by atoms with Crippen molar-refractivity contribution in [1.82, 2.24) is 4.90 Å². The van der Waals surface area contributed by atoms with E-state index >= 15 is 0 Å². The van der Waals surface area contributed by atoms with Gasteiger partial charge < -0.3 is 18.9 Å². The number of carbonyl (C=O) groups is 4. The molecule has 0 bridgehead atoms. The highest BCUT2D eigenvalue weighted by Gasteiger charge is 2.41. The molecule has 1 atom stereocenters. The first-order chi connectivity index (χ1) is 14.7. The van der Waals surface area contributed by atoms with E-state index in [0.29, 0.717) is 4.90 Å². The van der Waals surface area contributed by atoms with Gasteiger partial charge in [-0.1, -0.05) is 6.08 Å². The zero-order valence-electron chi connectivity index (χ0n) is 21.9. The van der Waals surface area contributed by atoms with Gasteiger partial charge in [0.1, 0.15) is 22.8 Å². The molecule has 0 fully saturated rings. The topological polar surface area (TPSA) is 108 Å². The van der Waals surface area contributed by atoms with E-state index in [2.05, 4.69) is 0 Å². The molecule has 0 rings (SSSR count). The van der Waals surface area contributed by atoms with E-state index in [1.165, 1.54) is 12.2 Å². The summed E-state index contributed by atoms with van der Waals surface area (Å²) in [5.41, 5.74) is -2.70. The summed E-state index contributed by atoms with van der Waals surface area (Å²) in [7, 11) is 0. The average molecular weight is 472 g/mol. The second kappa shape index (κ2) is 12.0. The van der Waals surface area contributed by atoms with Crippen LogP contribution in [-0.4, -0.2) is 58.0 Å². The molecule has 9 heteroatoms. The van der Waals surface area contributed by atoms with E-state index < -0.39 is 47.0 Å². The van der Waals surface area contributed by atoms with Crippen molar-refractivity contribution in [2.24, 2.45) is 0 Å². The molecule has 0 radical (unpaired) electrons. The number of esters is 2. The van der Waals surface area contributed by atoms with Crippen molar-refractivity contribution in [1.29, 1.82) is 0 Å². The summed E-state index contributed by atoms with van der Waals surface area (Å²) in [4.78, 5) is 51.3. The smallest absolute Gasteiger partial charge is 0.420 e. The largest absolute Gasteiger partial charge is 0.460 e. The highest BCUT2D eigenvalue weighted by atomic mass is 16.6. The number of hydrogen-bond donors (Lipinski definition) is 0. The number of allylic oxidation sites excluding steroid dienone is 1. The molecule has 0 aromatic rings. The van der Waals surface area contributed by atoms with E-state index in [-0.39, 0.29) is 18.9 Å². The van der Waals surface area contributed by atoms with Gasteiger partial charge >= 0.3 is 24.1 Å². The Bertz CT molecular complexity index is 692. The molecule has 0 aromatic carbocycles. The van der Waals surface area contributed by atoms with Gasteiger partial charge in [0.2, 0.25) is 0 Å². The van der Waals surface area contributed by atoms with Gasteiger partial charge in [-0.2, -0.15) is 4.90 Å². The Hall–Kier alpha value is -2.58. The predicted molar refractivity (Wildman–Crippen MR) is 124 cm³/mol. The second-order valence-corrected chi connectivity index (χ2v) is 10.8. The third-order valence-corrected chi connectivity index (χ3v) is 3.38. The normalized spacial score (nSPS) is 13.5. The van der Waals surface area contributed by atoms with Crippen LogP contribution >= 0.6 is 0 Å². The minimum Gasteiger partial charge on any atom is -0.460 e. The maximum atomic E-state index is 13.0. The number of ether oxygens (including phenoxy) is 4. The summed E-state index contributed by atoms with van der Waals surface area (Å²) in [6, 6.07) is -1.33. The number of hydrogen-bond acceptors (Lipinski definition) is 8. The van der Waals surface area contributed by atoms with Crippen LogP contribution < -0.4 is 0 Å². The van der Waals surface area contributed by atoms with Gasteiger partial charge in [-0.25, -0.2) is 19.2 Å². The third kappa shape index (κ3) is 14.2. The molecule has 190 valence electrons. The first kappa shape index (κ1) is 30.4. The maximum absolute atomic E-state index is 13.0. The van der Waals surface area contributed by atoms with Crippen LogP contribution in [0.3, 0.4) is 0 Å². The lowest BCUT2D eigenvalue weighted by atomic mass is 10.1.